The second-order valence-corrected chi connectivity index (χ2v) is 15.2. The molecule has 9 heteroatoms. The molecular formula is C28H34ClFN2O4Si. The molecule has 0 unspecified atom stereocenters. The van der Waals surface area contributed by atoms with Gasteiger partial charge in [0.25, 0.3) is 5.91 Å². The number of carbonyl (C=O) groups is 2. The molecule has 2 fully saturated rings. The first-order valence-corrected chi connectivity index (χ1v) is 16.4. The van der Waals surface area contributed by atoms with Gasteiger partial charge in [0.05, 0.1) is 18.3 Å². The van der Waals surface area contributed by atoms with E-state index < -0.39 is 31.6 Å². The molecule has 3 aliphatic heterocycles. The number of amides is 2. The van der Waals surface area contributed by atoms with Crippen LogP contribution in [0.3, 0.4) is 0 Å². The highest BCUT2D eigenvalue weighted by atomic mass is 35.5. The Hall–Kier alpha value is -2.26. The van der Waals surface area contributed by atoms with Crippen LogP contribution in [0.2, 0.25) is 23.7 Å². The Balaban J connectivity index is 1.49. The number of halogens is 2. The molecule has 37 heavy (non-hydrogen) atoms. The molecule has 5 rings (SSSR count). The summed E-state index contributed by atoms with van der Waals surface area (Å²) in [5, 5.41) is 10.2. The largest absolute Gasteiger partial charge is 0.396 e. The molecule has 2 saturated heterocycles. The Morgan fingerprint density at radius 3 is 2.54 bits per heavy atom. The molecule has 0 radical (unpaired) electrons. The fourth-order valence-electron chi connectivity index (χ4n) is 6.62. The Kier molecular flexibility index (Phi) is 6.98. The molecule has 2 aromatic carbocycles. The summed E-state index contributed by atoms with van der Waals surface area (Å²) in [5.41, 5.74) is 1.35. The van der Waals surface area contributed by atoms with Crippen LogP contribution in [0.5, 0.6) is 0 Å². The summed E-state index contributed by atoms with van der Waals surface area (Å²) in [7, 11) is -3.24. The molecule has 3 aliphatic rings. The summed E-state index contributed by atoms with van der Waals surface area (Å²) in [4.78, 5) is 30.1. The zero-order valence-corrected chi connectivity index (χ0v) is 23.3. The Bertz CT molecular complexity index is 1200. The van der Waals surface area contributed by atoms with Crippen molar-refractivity contribution in [3.63, 3.8) is 0 Å². The standard InChI is InChI=1S/C28H34ClFN2O4Si/c1-18-26(37(2,3)30)24(13-15-33)36-28(18)22-16-20(29)9-12-23(22)32(27(28)35)17-19-7-10-21(11-8-19)31-14-5-4-6-25(31)34/h7-12,16,18,24,26,33H,4-6,13-15,17H2,1-3H3/t18-,24+,26-,28+/m0/s1. The van der Waals surface area contributed by atoms with E-state index in [9.17, 15) is 14.7 Å². The molecule has 198 valence electrons. The number of ether oxygens (including phenoxy) is 1. The van der Waals surface area contributed by atoms with Crippen LogP contribution in [0.15, 0.2) is 42.5 Å². The van der Waals surface area contributed by atoms with Gasteiger partial charge in [0, 0.05) is 47.3 Å². The number of piperidine rings is 1. The zero-order valence-electron chi connectivity index (χ0n) is 21.5. The monoisotopic (exact) mass is 544 g/mol. The maximum Gasteiger partial charge on any atom is 0.264 e. The van der Waals surface area contributed by atoms with E-state index in [1.807, 2.05) is 42.2 Å². The lowest BCUT2D eigenvalue weighted by molar-refractivity contribution is -0.146. The number of fused-ring (bicyclic) bond motifs is 2. The van der Waals surface area contributed by atoms with Gasteiger partial charge in [-0.15, -0.1) is 0 Å². The highest BCUT2D eigenvalue weighted by Crippen LogP contribution is 2.60. The minimum atomic E-state index is -3.24. The van der Waals surface area contributed by atoms with Gasteiger partial charge in [0.1, 0.15) is 0 Å². The molecule has 2 aromatic rings. The molecule has 0 bridgehead atoms. The maximum atomic E-state index is 15.6. The van der Waals surface area contributed by atoms with Crippen LogP contribution in [-0.2, 0) is 26.5 Å². The van der Waals surface area contributed by atoms with Crippen molar-refractivity contribution in [1.29, 1.82) is 0 Å². The van der Waals surface area contributed by atoms with Crippen molar-refractivity contribution in [2.24, 2.45) is 5.92 Å². The van der Waals surface area contributed by atoms with Crippen molar-refractivity contribution in [3.8, 4) is 0 Å². The number of benzene rings is 2. The van der Waals surface area contributed by atoms with Crippen molar-refractivity contribution in [2.45, 2.75) is 69.5 Å². The smallest absolute Gasteiger partial charge is 0.264 e. The highest BCUT2D eigenvalue weighted by molar-refractivity contribution is 6.72. The first-order valence-electron chi connectivity index (χ1n) is 13.1. The van der Waals surface area contributed by atoms with Gasteiger partial charge in [-0.1, -0.05) is 30.7 Å². The number of aliphatic hydroxyl groups is 1. The van der Waals surface area contributed by atoms with E-state index in [0.29, 0.717) is 29.2 Å². The number of anilines is 2. The van der Waals surface area contributed by atoms with Gasteiger partial charge in [-0.3, -0.25) is 9.59 Å². The molecule has 0 aliphatic carbocycles. The van der Waals surface area contributed by atoms with Crippen LogP contribution in [0.4, 0.5) is 15.5 Å². The fraction of sp³-hybridized carbons (Fsp3) is 0.500. The summed E-state index contributed by atoms with van der Waals surface area (Å²) in [6, 6.07) is 13.1. The Morgan fingerprint density at radius 2 is 1.89 bits per heavy atom. The van der Waals surface area contributed by atoms with Gasteiger partial charge in [-0.2, -0.15) is 0 Å². The van der Waals surface area contributed by atoms with Crippen LogP contribution in [0, 0.1) is 5.92 Å². The molecule has 4 atom stereocenters. The van der Waals surface area contributed by atoms with Crippen LogP contribution in [0.25, 0.3) is 0 Å². The van der Waals surface area contributed by atoms with Gasteiger partial charge in [-0.05, 0) is 68.3 Å². The normalized spacial score (nSPS) is 27.9. The van der Waals surface area contributed by atoms with Crippen molar-refractivity contribution >= 4 is 43.2 Å². The number of hydrogen-bond acceptors (Lipinski definition) is 4. The second-order valence-electron chi connectivity index (χ2n) is 11.0. The average molecular weight is 545 g/mol. The third-order valence-electron chi connectivity index (χ3n) is 8.25. The number of rotatable bonds is 6. The quantitative estimate of drug-likeness (QED) is 0.382. The zero-order chi connectivity index (χ0) is 26.5. The first kappa shape index (κ1) is 26.3. The third-order valence-corrected chi connectivity index (χ3v) is 10.9. The van der Waals surface area contributed by atoms with Crippen LogP contribution < -0.4 is 9.80 Å². The van der Waals surface area contributed by atoms with Crippen LogP contribution in [0.1, 0.15) is 43.7 Å². The van der Waals surface area contributed by atoms with Crippen molar-refractivity contribution in [2.75, 3.05) is 23.0 Å². The summed E-state index contributed by atoms with van der Waals surface area (Å²) in [6.45, 7) is 6.08. The summed E-state index contributed by atoms with van der Waals surface area (Å²) in [6.07, 6.45) is 2.21. The van der Waals surface area contributed by atoms with Crippen LogP contribution >= 0.6 is 11.6 Å². The number of aliphatic hydroxyl groups excluding tert-OH is 1. The van der Waals surface area contributed by atoms with Crippen molar-refractivity contribution in [1.82, 2.24) is 0 Å². The third kappa shape index (κ3) is 4.41. The maximum absolute atomic E-state index is 15.6. The molecule has 0 aromatic heterocycles. The van der Waals surface area contributed by atoms with Gasteiger partial charge in [-0.25, -0.2) is 0 Å². The number of nitrogens with zero attached hydrogens (tertiary/aromatic N) is 2. The van der Waals surface area contributed by atoms with E-state index >= 15 is 4.11 Å². The van der Waals surface area contributed by atoms with E-state index in [0.717, 1.165) is 30.6 Å². The van der Waals surface area contributed by atoms with E-state index in [4.69, 9.17) is 16.3 Å². The van der Waals surface area contributed by atoms with Crippen LogP contribution in [-0.4, -0.2) is 44.6 Å². The van der Waals surface area contributed by atoms with E-state index in [-0.39, 0.29) is 24.8 Å². The molecular weight excluding hydrogens is 511 g/mol. The fourth-order valence-corrected chi connectivity index (χ4v) is 9.33. The molecule has 1 spiro atoms. The molecule has 1 N–H and O–H groups in total. The van der Waals surface area contributed by atoms with Crippen molar-refractivity contribution < 1.29 is 23.5 Å². The lowest BCUT2D eigenvalue weighted by atomic mass is 9.82. The first-order chi connectivity index (χ1) is 17.6. The molecule has 3 heterocycles. The Labute approximate surface area is 223 Å². The van der Waals surface area contributed by atoms with E-state index in [2.05, 4.69) is 0 Å². The summed E-state index contributed by atoms with van der Waals surface area (Å²) < 4.78 is 22.1. The van der Waals surface area contributed by atoms with Gasteiger partial charge in [0.2, 0.25) is 14.3 Å². The van der Waals surface area contributed by atoms with E-state index in [1.54, 1.807) is 30.1 Å². The second kappa shape index (κ2) is 9.80. The van der Waals surface area contributed by atoms with Gasteiger partial charge >= 0.3 is 0 Å². The minimum Gasteiger partial charge on any atom is -0.396 e. The molecule has 6 nitrogen and oxygen atoms in total. The number of hydrogen-bond donors (Lipinski definition) is 1. The molecule has 2 amide bonds. The SMILES string of the molecule is C[C@H]1[C@H]([Si](C)(C)F)[C@@H](CCO)O[C@]12C(=O)N(Cc1ccc(N3CCCCC3=O)cc1)c1ccc(Cl)cc12. The highest BCUT2D eigenvalue weighted by Gasteiger charge is 2.66. The Morgan fingerprint density at radius 1 is 1.16 bits per heavy atom. The number of carbonyl (C=O) groups excluding carboxylic acids is 2. The predicted octanol–water partition coefficient (Wildman–Crippen LogP) is 5.56. The predicted molar refractivity (Wildman–Crippen MR) is 145 cm³/mol. The minimum absolute atomic E-state index is 0.138. The van der Waals surface area contributed by atoms with Crippen molar-refractivity contribution in [3.05, 3.63) is 58.6 Å². The average Bonchev–Trinajstić information content (AvgIpc) is 3.27. The topological polar surface area (TPSA) is 70.1 Å². The van der Waals surface area contributed by atoms with E-state index in [1.165, 1.54) is 0 Å². The lowest BCUT2D eigenvalue weighted by Crippen LogP contribution is -2.45. The summed E-state index contributed by atoms with van der Waals surface area (Å²) in [5.74, 6) is -0.505. The molecule has 0 saturated carbocycles. The van der Waals surface area contributed by atoms with Gasteiger partial charge < -0.3 is 23.8 Å². The lowest BCUT2D eigenvalue weighted by Gasteiger charge is -2.31. The summed E-state index contributed by atoms with van der Waals surface area (Å²) >= 11 is 6.39. The van der Waals surface area contributed by atoms with Gasteiger partial charge in [0.15, 0.2) is 5.60 Å².